The maximum absolute atomic E-state index is 12.9. The van der Waals surface area contributed by atoms with Crippen molar-refractivity contribution in [2.75, 3.05) is 32.6 Å². The Kier molecular flexibility index (Phi) is 7.01. The molecule has 8 nitrogen and oxygen atoms in total. The Morgan fingerprint density at radius 1 is 0.971 bits per heavy atom. The second-order valence-corrected chi connectivity index (χ2v) is 8.23. The normalized spacial score (nSPS) is 11.8. The van der Waals surface area contributed by atoms with E-state index in [1.54, 1.807) is 6.07 Å². The van der Waals surface area contributed by atoms with E-state index in [1.807, 2.05) is 36.4 Å². The van der Waals surface area contributed by atoms with Crippen molar-refractivity contribution < 1.29 is 29.0 Å². The number of rotatable bonds is 8. The predicted octanol–water partition coefficient (Wildman–Crippen LogP) is 4.60. The molecule has 0 aliphatic heterocycles. The van der Waals surface area contributed by atoms with Crippen molar-refractivity contribution in [2.45, 2.75) is 12.3 Å². The molecule has 0 unspecified atom stereocenters. The summed E-state index contributed by atoms with van der Waals surface area (Å²) in [5.74, 6) is -1.08. The average molecular weight is 475 g/mol. The van der Waals surface area contributed by atoms with Gasteiger partial charge in [0.15, 0.2) is 0 Å². The number of carboxylic acids is 1. The van der Waals surface area contributed by atoms with Crippen LogP contribution < -0.4 is 10.1 Å². The molecule has 0 bridgehead atoms. The Labute approximate surface area is 203 Å². The number of anilines is 1. The van der Waals surface area contributed by atoms with Crippen LogP contribution >= 0.6 is 0 Å². The molecular formula is C27H26N2O6. The van der Waals surface area contributed by atoms with Gasteiger partial charge in [0, 0.05) is 25.6 Å². The van der Waals surface area contributed by atoms with Crippen LogP contribution in [0, 0.1) is 0 Å². The van der Waals surface area contributed by atoms with Gasteiger partial charge in [-0.2, -0.15) is 0 Å². The first-order valence-corrected chi connectivity index (χ1v) is 11.2. The van der Waals surface area contributed by atoms with E-state index in [4.69, 9.17) is 14.6 Å². The minimum Gasteiger partial charge on any atom is -0.497 e. The lowest BCUT2D eigenvalue weighted by Gasteiger charge is -2.19. The van der Waals surface area contributed by atoms with E-state index in [-0.39, 0.29) is 36.7 Å². The van der Waals surface area contributed by atoms with Crippen LogP contribution in [0.5, 0.6) is 5.75 Å². The van der Waals surface area contributed by atoms with Gasteiger partial charge in [0.1, 0.15) is 12.4 Å². The van der Waals surface area contributed by atoms with Crippen molar-refractivity contribution in [3.8, 4) is 16.9 Å². The Balaban J connectivity index is 1.49. The number of hydrogen-bond acceptors (Lipinski definition) is 5. The van der Waals surface area contributed by atoms with Gasteiger partial charge in [0.2, 0.25) is 0 Å². The Morgan fingerprint density at radius 3 is 2.20 bits per heavy atom. The van der Waals surface area contributed by atoms with Crippen molar-refractivity contribution in [3.63, 3.8) is 0 Å². The van der Waals surface area contributed by atoms with Gasteiger partial charge in [0.25, 0.3) is 5.91 Å². The van der Waals surface area contributed by atoms with E-state index < -0.39 is 18.0 Å². The summed E-state index contributed by atoms with van der Waals surface area (Å²) in [5.41, 5.74) is 4.86. The van der Waals surface area contributed by atoms with Gasteiger partial charge in [0.05, 0.1) is 24.8 Å². The molecule has 0 fully saturated rings. The smallest absolute Gasteiger partial charge is 0.411 e. The van der Waals surface area contributed by atoms with E-state index in [9.17, 15) is 14.4 Å². The Bertz CT molecular complexity index is 1230. The maximum Gasteiger partial charge on any atom is 0.411 e. The summed E-state index contributed by atoms with van der Waals surface area (Å²) in [6, 6.07) is 20.7. The molecule has 0 atom stereocenters. The molecule has 180 valence electrons. The second-order valence-electron chi connectivity index (χ2n) is 8.23. The Hall–Kier alpha value is -4.33. The van der Waals surface area contributed by atoms with Crippen LogP contribution in [0.2, 0.25) is 0 Å². The molecular weight excluding hydrogens is 448 g/mol. The second kappa shape index (κ2) is 10.3. The van der Waals surface area contributed by atoms with Crippen LogP contribution in [0.25, 0.3) is 11.1 Å². The molecule has 8 heteroatoms. The topological polar surface area (TPSA) is 105 Å². The first kappa shape index (κ1) is 23.8. The highest BCUT2D eigenvalue weighted by Crippen LogP contribution is 2.44. The van der Waals surface area contributed by atoms with E-state index in [2.05, 4.69) is 17.4 Å². The summed E-state index contributed by atoms with van der Waals surface area (Å²) >= 11 is 0. The van der Waals surface area contributed by atoms with E-state index >= 15 is 0 Å². The van der Waals surface area contributed by atoms with Gasteiger partial charge in [-0.1, -0.05) is 48.5 Å². The SMILES string of the molecule is COc1ccc(C(=O)N(C)CCC(=O)O)c(NC(=O)OCC2c3ccccc3-c3ccccc32)c1. The van der Waals surface area contributed by atoms with Gasteiger partial charge in [-0.25, -0.2) is 4.79 Å². The van der Waals surface area contributed by atoms with Gasteiger partial charge in [-0.3, -0.25) is 14.9 Å². The molecule has 0 saturated heterocycles. The molecule has 0 saturated carbocycles. The number of fused-ring (bicyclic) bond motifs is 3. The largest absolute Gasteiger partial charge is 0.497 e. The number of nitrogens with zero attached hydrogens (tertiary/aromatic N) is 1. The van der Waals surface area contributed by atoms with Gasteiger partial charge < -0.3 is 19.5 Å². The first-order valence-electron chi connectivity index (χ1n) is 11.2. The highest BCUT2D eigenvalue weighted by Gasteiger charge is 2.29. The third-order valence-electron chi connectivity index (χ3n) is 6.05. The van der Waals surface area contributed by atoms with Crippen LogP contribution in [0.4, 0.5) is 10.5 Å². The van der Waals surface area contributed by atoms with Gasteiger partial charge >= 0.3 is 12.1 Å². The quantitative estimate of drug-likeness (QED) is 0.494. The number of hydrogen-bond donors (Lipinski definition) is 2. The lowest BCUT2D eigenvalue weighted by atomic mass is 9.98. The maximum atomic E-state index is 12.9. The number of benzene rings is 3. The number of aliphatic carboxylic acids is 1. The molecule has 35 heavy (non-hydrogen) atoms. The van der Waals surface area contributed by atoms with Crippen LogP contribution in [-0.2, 0) is 9.53 Å². The van der Waals surface area contributed by atoms with Gasteiger partial charge in [-0.05, 0) is 34.4 Å². The molecule has 0 heterocycles. The summed E-state index contributed by atoms with van der Waals surface area (Å²) in [6.45, 7) is 0.163. The van der Waals surface area contributed by atoms with Crippen LogP contribution in [0.1, 0.15) is 33.8 Å². The highest BCUT2D eigenvalue weighted by molar-refractivity contribution is 6.03. The fourth-order valence-corrected chi connectivity index (χ4v) is 4.26. The zero-order valence-corrected chi connectivity index (χ0v) is 19.5. The van der Waals surface area contributed by atoms with Crippen molar-refractivity contribution >= 4 is 23.7 Å². The number of carbonyl (C=O) groups excluding carboxylic acids is 2. The van der Waals surface area contributed by atoms with Crippen molar-refractivity contribution in [3.05, 3.63) is 83.4 Å². The number of carbonyl (C=O) groups is 3. The lowest BCUT2D eigenvalue weighted by Crippen LogP contribution is -2.30. The van der Waals surface area contributed by atoms with Crippen LogP contribution in [0.15, 0.2) is 66.7 Å². The van der Waals surface area contributed by atoms with Crippen LogP contribution in [0.3, 0.4) is 0 Å². The zero-order chi connectivity index (χ0) is 24.9. The van der Waals surface area contributed by atoms with Crippen LogP contribution in [-0.4, -0.2) is 55.3 Å². The Morgan fingerprint density at radius 2 is 1.60 bits per heavy atom. The van der Waals surface area contributed by atoms with E-state index in [1.165, 1.54) is 31.2 Å². The number of methoxy groups -OCH3 is 1. The minimum absolute atomic E-state index is 0.0323. The third-order valence-corrected chi connectivity index (χ3v) is 6.05. The molecule has 2 N–H and O–H groups in total. The fraction of sp³-hybridized carbons (Fsp3) is 0.222. The van der Waals surface area contributed by atoms with Gasteiger partial charge in [-0.15, -0.1) is 0 Å². The molecule has 2 amide bonds. The average Bonchev–Trinajstić information content (AvgIpc) is 3.19. The van der Waals surface area contributed by atoms with E-state index in [0.29, 0.717) is 5.75 Å². The molecule has 0 aromatic heterocycles. The monoisotopic (exact) mass is 474 g/mol. The van der Waals surface area contributed by atoms with Crippen molar-refractivity contribution in [1.82, 2.24) is 4.90 Å². The molecule has 0 spiro atoms. The molecule has 3 aromatic carbocycles. The van der Waals surface area contributed by atoms with Crippen molar-refractivity contribution in [1.29, 1.82) is 0 Å². The summed E-state index contributed by atoms with van der Waals surface area (Å²) in [4.78, 5) is 37.8. The summed E-state index contributed by atoms with van der Waals surface area (Å²) in [7, 11) is 2.99. The first-order chi connectivity index (χ1) is 16.9. The highest BCUT2D eigenvalue weighted by atomic mass is 16.5. The predicted molar refractivity (Wildman–Crippen MR) is 131 cm³/mol. The fourth-order valence-electron chi connectivity index (χ4n) is 4.26. The standard InChI is InChI=1S/C27H26N2O6/c1-29(14-13-25(30)31)26(32)22-12-11-17(34-2)15-24(22)28-27(33)35-16-23-20-9-5-3-7-18(20)19-8-4-6-10-21(19)23/h3-12,15,23H,13-14,16H2,1-2H3,(H,28,33)(H,30,31). The molecule has 4 rings (SSSR count). The summed E-state index contributed by atoms with van der Waals surface area (Å²) in [6.07, 6.45) is -0.893. The third kappa shape index (κ3) is 5.11. The molecule has 0 radical (unpaired) electrons. The van der Waals surface area contributed by atoms with Crippen molar-refractivity contribution in [2.24, 2.45) is 0 Å². The molecule has 3 aromatic rings. The number of amides is 2. The molecule has 1 aliphatic carbocycles. The minimum atomic E-state index is -1.00. The zero-order valence-electron chi connectivity index (χ0n) is 19.5. The van der Waals surface area contributed by atoms with E-state index in [0.717, 1.165) is 22.3 Å². The number of nitrogens with one attached hydrogen (secondary N) is 1. The summed E-state index contributed by atoms with van der Waals surface area (Å²) in [5, 5.41) is 11.6. The number of ether oxygens (including phenoxy) is 2. The lowest BCUT2D eigenvalue weighted by molar-refractivity contribution is -0.137. The summed E-state index contributed by atoms with van der Waals surface area (Å²) < 4.78 is 10.8. The number of carboxylic acid groups (broad SMARTS) is 1. The molecule has 1 aliphatic rings.